The van der Waals surface area contributed by atoms with Crippen LogP contribution in [0, 0.1) is 6.92 Å². The van der Waals surface area contributed by atoms with Gasteiger partial charge >= 0.3 is 0 Å². The van der Waals surface area contributed by atoms with Crippen molar-refractivity contribution >= 4 is 5.91 Å². The third-order valence-electron chi connectivity index (χ3n) is 3.97. The van der Waals surface area contributed by atoms with Gasteiger partial charge in [0.2, 0.25) is 0 Å². The van der Waals surface area contributed by atoms with Crippen LogP contribution in [-0.2, 0) is 0 Å². The van der Waals surface area contributed by atoms with Gasteiger partial charge < -0.3 is 10.6 Å². The molecule has 2 N–H and O–H groups in total. The Balaban J connectivity index is 1.81. The molecular formula is C16H25N3O. The molecule has 1 saturated carbocycles. The number of hydrogen-bond acceptors (Lipinski definition) is 3. The molecule has 20 heavy (non-hydrogen) atoms. The van der Waals surface area contributed by atoms with Crippen LogP contribution in [0.15, 0.2) is 18.3 Å². The lowest BCUT2D eigenvalue weighted by Crippen LogP contribution is -2.42. The van der Waals surface area contributed by atoms with E-state index in [1.807, 2.05) is 19.1 Å². The second kappa shape index (κ2) is 7.39. The van der Waals surface area contributed by atoms with E-state index < -0.39 is 0 Å². The number of aryl methyl sites for hydroxylation is 1. The molecule has 0 saturated heterocycles. The predicted octanol–water partition coefficient (Wildman–Crippen LogP) is 2.43. The van der Waals surface area contributed by atoms with Gasteiger partial charge in [0.1, 0.15) is 5.69 Å². The first-order valence-electron chi connectivity index (χ1n) is 7.66. The monoisotopic (exact) mass is 275 g/mol. The first kappa shape index (κ1) is 15.0. The minimum atomic E-state index is -0.0342. The maximum Gasteiger partial charge on any atom is 0.270 e. The van der Waals surface area contributed by atoms with Gasteiger partial charge in [0.15, 0.2) is 0 Å². The number of carbonyl (C=O) groups is 1. The molecule has 4 nitrogen and oxygen atoms in total. The number of nitrogens with zero attached hydrogens (tertiary/aromatic N) is 1. The van der Waals surface area contributed by atoms with Gasteiger partial charge in [-0.15, -0.1) is 0 Å². The van der Waals surface area contributed by atoms with Crippen LogP contribution in [0.25, 0.3) is 0 Å². The van der Waals surface area contributed by atoms with E-state index >= 15 is 0 Å². The van der Waals surface area contributed by atoms with Gasteiger partial charge in [-0.05, 0) is 57.2 Å². The average Bonchev–Trinajstić information content (AvgIpc) is 2.47. The average molecular weight is 275 g/mol. The number of pyridine rings is 1. The first-order chi connectivity index (χ1) is 9.70. The molecule has 0 bridgehead atoms. The molecule has 1 aromatic rings. The molecule has 0 unspecified atom stereocenters. The Morgan fingerprint density at radius 3 is 2.65 bits per heavy atom. The van der Waals surface area contributed by atoms with E-state index in [1.165, 1.54) is 6.42 Å². The normalized spacial score (nSPS) is 22.5. The van der Waals surface area contributed by atoms with Gasteiger partial charge in [-0.3, -0.25) is 9.78 Å². The summed E-state index contributed by atoms with van der Waals surface area (Å²) in [6.45, 7) is 5.20. The maximum absolute atomic E-state index is 12.2. The number of hydrogen-bond donors (Lipinski definition) is 2. The van der Waals surface area contributed by atoms with Gasteiger partial charge in [-0.2, -0.15) is 0 Å². The van der Waals surface area contributed by atoms with Gasteiger partial charge in [-0.1, -0.05) is 13.0 Å². The topological polar surface area (TPSA) is 54.0 Å². The van der Waals surface area contributed by atoms with E-state index in [1.54, 1.807) is 6.20 Å². The van der Waals surface area contributed by atoms with Crippen molar-refractivity contribution in [3.05, 3.63) is 29.6 Å². The van der Waals surface area contributed by atoms with Crippen LogP contribution in [0.5, 0.6) is 0 Å². The molecule has 0 radical (unpaired) electrons. The van der Waals surface area contributed by atoms with Gasteiger partial charge in [0.25, 0.3) is 5.91 Å². The molecule has 1 aliphatic carbocycles. The fraction of sp³-hybridized carbons (Fsp3) is 0.625. The quantitative estimate of drug-likeness (QED) is 0.868. The Kier molecular flexibility index (Phi) is 5.53. The smallest absolute Gasteiger partial charge is 0.270 e. The van der Waals surface area contributed by atoms with E-state index in [-0.39, 0.29) is 5.91 Å². The molecule has 1 heterocycles. The van der Waals surface area contributed by atoms with Crippen LogP contribution in [0.2, 0.25) is 0 Å². The molecule has 2 rings (SSSR count). The number of carbonyl (C=O) groups excluding carboxylic acids is 1. The van der Waals surface area contributed by atoms with Crippen LogP contribution in [0.4, 0.5) is 0 Å². The summed E-state index contributed by atoms with van der Waals surface area (Å²) in [5.74, 6) is -0.0342. The molecule has 0 atom stereocenters. The zero-order valence-electron chi connectivity index (χ0n) is 12.5. The van der Waals surface area contributed by atoms with E-state index in [4.69, 9.17) is 0 Å². The zero-order valence-corrected chi connectivity index (χ0v) is 12.5. The summed E-state index contributed by atoms with van der Waals surface area (Å²) in [7, 11) is 0. The Bertz CT molecular complexity index is 439. The van der Waals surface area contributed by atoms with Crippen molar-refractivity contribution in [3.8, 4) is 0 Å². The van der Waals surface area contributed by atoms with E-state index in [0.29, 0.717) is 17.8 Å². The van der Waals surface area contributed by atoms with Crippen molar-refractivity contribution in [2.75, 3.05) is 6.54 Å². The van der Waals surface area contributed by atoms with Gasteiger partial charge in [0, 0.05) is 18.3 Å². The molecule has 0 aliphatic heterocycles. The highest BCUT2D eigenvalue weighted by atomic mass is 16.1. The fourth-order valence-electron chi connectivity index (χ4n) is 2.77. The molecule has 1 fully saturated rings. The maximum atomic E-state index is 12.2. The second-order valence-electron chi connectivity index (χ2n) is 5.65. The van der Waals surface area contributed by atoms with E-state index in [2.05, 4.69) is 22.5 Å². The van der Waals surface area contributed by atoms with Crippen LogP contribution in [0.3, 0.4) is 0 Å². The van der Waals surface area contributed by atoms with E-state index in [0.717, 1.165) is 37.8 Å². The largest absolute Gasteiger partial charge is 0.348 e. The van der Waals surface area contributed by atoms with Crippen LogP contribution < -0.4 is 10.6 Å². The Morgan fingerprint density at radius 2 is 2.00 bits per heavy atom. The fourth-order valence-corrected chi connectivity index (χ4v) is 2.77. The molecule has 0 aromatic carbocycles. The Morgan fingerprint density at radius 1 is 1.30 bits per heavy atom. The first-order valence-corrected chi connectivity index (χ1v) is 7.66. The van der Waals surface area contributed by atoms with E-state index in [9.17, 15) is 4.79 Å². The van der Waals surface area contributed by atoms with Crippen molar-refractivity contribution in [1.29, 1.82) is 0 Å². The SMILES string of the molecule is CCCNC1CCC(NC(=O)c2ncccc2C)CC1. The molecule has 4 heteroatoms. The summed E-state index contributed by atoms with van der Waals surface area (Å²) in [5, 5.41) is 6.68. The second-order valence-corrected chi connectivity index (χ2v) is 5.65. The van der Waals surface area contributed by atoms with Gasteiger partial charge in [-0.25, -0.2) is 0 Å². The summed E-state index contributed by atoms with van der Waals surface area (Å²) in [6, 6.07) is 4.70. The number of aromatic nitrogens is 1. The van der Waals surface area contributed by atoms with Crippen molar-refractivity contribution in [2.45, 2.75) is 58.0 Å². The third-order valence-corrected chi connectivity index (χ3v) is 3.97. The highest BCUT2D eigenvalue weighted by Gasteiger charge is 2.23. The molecule has 110 valence electrons. The van der Waals surface area contributed by atoms with Crippen LogP contribution in [0.1, 0.15) is 55.1 Å². The minimum absolute atomic E-state index is 0.0342. The third kappa shape index (κ3) is 4.04. The molecule has 1 aliphatic rings. The lowest BCUT2D eigenvalue weighted by atomic mass is 9.91. The lowest BCUT2D eigenvalue weighted by Gasteiger charge is -2.29. The highest BCUT2D eigenvalue weighted by molar-refractivity contribution is 5.93. The molecule has 1 aromatic heterocycles. The van der Waals surface area contributed by atoms with Crippen LogP contribution >= 0.6 is 0 Å². The van der Waals surface area contributed by atoms with Crippen molar-refractivity contribution in [3.63, 3.8) is 0 Å². The summed E-state index contributed by atoms with van der Waals surface area (Å²) >= 11 is 0. The summed E-state index contributed by atoms with van der Waals surface area (Å²) in [6.07, 6.45) is 7.25. The summed E-state index contributed by atoms with van der Waals surface area (Å²) < 4.78 is 0. The number of rotatable bonds is 5. The van der Waals surface area contributed by atoms with Gasteiger partial charge in [0.05, 0.1) is 0 Å². The van der Waals surface area contributed by atoms with Crippen molar-refractivity contribution in [1.82, 2.24) is 15.6 Å². The minimum Gasteiger partial charge on any atom is -0.348 e. The van der Waals surface area contributed by atoms with Crippen LogP contribution in [-0.4, -0.2) is 29.5 Å². The lowest BCUT2D eigenvalue weighted by molar-refractivity contribution is 0.0918. The zero-order chi connectivity index (χ0) is 14.4. The highest BCUT2D eigenvalue weighted by Crippen LogP contribution is 2.19. The standard InChI is InChI=1S/C16H25N3O/c1-3-10-17-13-6-8-14(9-7-13)19-16(20)15-12(2)5-4-11-18-15/h4-5,11,13-14,17H,3,6-10H2,1-2H3,(H,19,20). The molecule has 0 spiro atoms. The van der Waals surface area contributed by atoms with Crippen molar-refractivity contribution in [2.24, 2.45) is 0 Å². The molecular weight excluding hydrogens is 250 g/mol. The Labute approximate surface area is 121 Å². The number of nitrogens with one attached hydrogen (secondary N) is 2. The Hall–Kier alpha value is -1.42. The summed E-state index contributed by atoms with van der Waals surface area (Å²) in [5.41, 5.74) is 1.49. The van der Waals surface area contributed by atoms with Crippen molar-refractivity contribution < 1.29 is 4.79 Å². The summed E-state index contributed by atoms with van der Waals surface area (Å²) in [4.78, 5) is 16.4. The predicted molar refractivity (Wildman–Crippen MR) is 80.8 cm³/mol. The molecule has 1 amide bonds. The number of amides is 1.